The summed E-state index contributed by atoms with van der Waals surface area (Å²) in [5.41, 5.74) is 9.92. The van der Waals surface area contributed by atoms with Crippen LogP contribution in [0.1, 0.15) is 82.2 Å². The Bertz CT molecular complexity index is 611. The minimum atomic E-state index is 0.636. The van der Waals surface area contributed by atoms with Gasteiger partial charge in [-0.15, -0.1) is 11.3 Å². The minimum Gasteiger partial charge on any atom is -0.389 e. The van der Waals surface area contributed by atoms with Crippen molar-refractivity contribution in [3.05, 3.63) is 34.2 Å². The van der Waals surface area contributed by atoms with E-state index in [0.717, 1.165) is 40.3 Å². The van der Waals surface area contributed by atoms with E-state index in [9.17, 15) is 0 Å². The number of fused-ring (bicyclic) bond motifs is 1. The lowest BCUT2D eigenvalue weighted by molar-refractivity contribution is 0.531. The molecule has 2 aliphatic rings. The molecule has 2 nitrogen and oxygen atoms in total. The second-order valence-electron chi connectivity index (χ2n) is 6.13. The average molecular weight is 345 g/mol. The van der Waals surface area contributed by atoms with E-state index in [-0.39, 0.29) is 0 Å². The van der Waals surface area contributed by atoms with E-state index in [1.54, 1.807) is 0 Å². The predicted octanol–water partition coefficient (Wildman–Crippen LogP) is 6.72. The maximum Gasteiger partial charge on any atom is 0.105 e. The number of rotatable bonds is 1. The molecule has 0 aromatic carbocycles. The summed E-state index contributed by atoms with van der Waals surface area (Å²) in [5, 5.41) is 9.66. The van der Waals surface area contributed by atoms with Crippen LogP contribution in [0, 0.1) is 17.2 Å². The van der Waals surface area contributed by atoms with Gasteiger partial charge in [-0.05, 0) is 42.4 Å². The minimum absolute atomic E-state index is 0.636. The van der Waals surface area contributed by atoms with Gasteiger partial charge in [0.15, 0.2) is 0 Å². The van der Waals surface area contributed by atoms with Crippen LogP contribution in [0.25, 0.3) is 5.57 Å². The fourth-order valence-corrected chi connectivity index (χ4v) is 4.58. The van der Waals surface area contributed by atoms with Crippen LogP contribution < -0.4 is 5.73 Å². The molecule has 0 bridgehead atoms. The van der Waals surface area contributed by atoms with Gasteiger partial charge >= 0.3 is 0 Å². The molecule has 1 heterocycles. The third kappa shape index (κ3) is 4.74. The van der Waals surface area contributed by atoms with E-state index < -0.39 is 0 Å². The highest BCUT2D eigenvalue weighted by atomic mass is 32.1. The second-order valence-corrected chi connectivity index (χ2v) is 7.18. The fourth-order valence-electron chi connectivity index (χ4n) is 3.39. The predicted molar refractivity (Wildman–Crippen MR) is 108 cm³/mol. The first-order valence-electron chi connectivity index (χ1n) is 9.28. The fraction of sp³-hybridized carbons (Fsp3) is 0.571. The van der Waals surface area contributed by atoms with Gasteiger partial charge in [-0.2, -0.15) is 5.26 Å². The lowest BCUT2D eigenvalue weighted by Gasteiger charge is -2.17. The molecular weight excluding hydrogens is 312 g/mol. The van der Waals surface area contributed by atoms with Gasteiger partial charge in [0.2, 0.25) is 0 Å². The van der Waals surface area contributed by atoms with E-state index in [1.807, 2.05) is 20.8 Å². The van der Waals surface area contributed by atoms with Crippen LogP contribution >= 0.6 is 11.3 Å². The molecule has 0 spiro atoms. The number of allylic oxidation sites excluding steroid dienone is 3. The average Bonchev–Trinajstić information content (AvgIpc) is 3.24. The summed E-state index contributed by atoms with van der Waals surface area (Å²) in [4.78, 5) is 1.14. The number of hydrogen-bond donors (Lipinski definition) is 1. The number of thiophene rings is 1. The first-order chi connectivity index (χ1) is 11.6. The monoisotopic (exact) mass is 344 g/mol. The molecule has 1 aromatic heterocycles. The highest BCUT2D eigenvalue weighted by molar-refractivity contribution is 7.17. The number of nitrogens with two attached hydrogens (primary N) is 1. The van der Waals surface area contributed by atoms with Gasteiger partial charge in [-0.3, -0.25) is 0 Å². The Balaban J connectivity index is 0.000000268. The Morgan fingerprint density at radius 2 is 1.92 bits per heavy atom. The maximum absolute atomic E-state index is 9.02. The van der Waals surface area contributed by atoms with Crippen molar-refractivity contribution in [2.45, 2.75) is 72.6 Å². The number of nitrogens with zero attached hydrogens (tertiary/aromatic N) is 1. The quantitative estimate of drug-likeness (QED) is 0.614. The van der Waals surface area contributed by atoms with Gasteiger partial charge in [0.1, 0.15) is 11.1 Å². The molecule has 1 aromatic rings. The summed E-state index contributed by atoms with van der Waals surface area (Å²) in [6, 6.07) is 2.19. The van der Waals surface area contributed by atoms with Crippen molar-refractivity contribution in [1.29, 1.82) is 5.26 Å². The molecule has 2 aliphatic carbocycles. The van der Waals surface area contributed by atoms with E-state index in [1.165, 1.54) is 43.4 Å². The normalized spacial score (nSPS) is 18.1. The lowest BCUT2D eigenvalue weighted by atomic mass is 9.88. The van der Waals surface area contributed by atoms with Crippen molar-refractivity contribution in [2.24, 2.45) is 5.92 Å². The van der Waals surface area contributed by atoms with Gasteiger partial charge in [-0.1, -0.05) is 65.5 Å². The van der Waals surface area contributed by atoms with Crippen LogP contribution in [-0.2, 0) is 6.42 Å². The molecule has 2 N–H and O–H groups in total. The molecular formula is C21H32N2S. The van der Waals surface area contributed by atoms with Gasteiger partial charge in [0, 0.05) is 4.88 Å². The van der Waals surface area contributed by atoms with E-state index >= 15 is 0 Å². The Kier molecular flexibility index (Phi) is 8.85. The SMILES string of the molecule is C=C1CCc2c(sc(N)c2C#N)/C1=C/C.CC.CCC1CCCC1. The van der Waals surface area contributed by atoms with Crippen molar-refractivity contribution in [3.8, 4) is 6.07 Å². The van der Waals surface area contributed by atoms with Crippen molar-refractivity contribution >= 4 is 21.9 Å². The number of nitrogen functional groups attached to an aromatic ring is 1. The first kappa shape index (κ1) is 20.5. The van der Waals surface area contributed by atoms with Crippen LogP contribution in [0.5, 0.6) is 0 Å². The largest absolute Gasteiger partial charge is 0.389 e. The van der Waals surface area contributed by atoms with Gasteiger partial charge in [0.05, 0.1) is 5.56 Å². The summed E-state index contributed by atoms with van der Waals surface area (Å²) in [7, 11) is 0. The summed E-state index contributed by atoms with van der Waals surface area (Å²) < 4.78 is 0. The molecule has 0 unspecified atom stereocenters. The molecule has 24 heavy (non-hydrogen) atoms. The Labute approximate surface area is 152 Å². The number of hydrogen-bond acceptors (Lipinski definition) is 3. The zero-order valence-electron chi connectivity index (χ0n) is 15.7. The molecule has 0 atom stereocenters. The Morgan fingerprint density at radius 3 is 2.38 bits per heavy atom. The number of anilines is 1. The molecule has 0 amide bonds. The highest BCUT2D eigenvalue weighted by Crippen LogP contribution is 2.43. The molecule has 3 rings (SSSR count). The number of nitriles is 1. The van der Waals surface area contributed by atoms with Crippen LogP contribution in [0.3, 0.4) is 0 Å². The van der Waals surface area contributed by atoms with Crippen molar-refractivity contribution in [3.63, 3.8) is 0 Å². The molecule has 1 saturated carbocycles. The van der Waals surface area contributed by atoms with Gasteiger partial charge in [0.25, 0.3) is 0 Å². The van der Waals surface area contributed by atoms with Crippen LogP contribution in [0.2, 0.25) is 0 Å². The topological polar surface area (TPSA) is 49.8 Å². The molecule has 0 radical (unpaired) electrons. The molecule has 132 valence electrons. The van der Waals surface area contributed by atoms with E-state index in [4.69, 9.17) is 11.0 Å². The van der Waals surface area contributed by atoms with Crippen LogP contribution in [0.15, 0.2) is 18.2 Å². The molecule has 0 saturated heterocycles. The molecule has 3 heteroatoms. The van der Waals surface area contributed by atoms with Crippen LogP contribution in [-0.4, -0.2) is 0 Å². The first-order valence-corrected chi connectivity index (χ1v) is 10.1. The summed E-state index contributed by atoms with van der Waals surface area (Å²) in [5.74, 6) is 1.10. The standard InChI is InChI=1S/C12H12N2S.C7H14.C2H6/c1-3-8-7(2)4-5-9-10(6-13)12(14)15-11(8)9;1-2-7-5-3-4-6-7;1-2/h3H,2,4-5,14H2,1H3;7H,2-6H2,1H3;1-2H3/b8-3+;;. The van der Waals surface area contributed by atoms with Gasteiger partial charge < -0.3 is 5.73 Å². The van der Waals surface area contributed by atoms with Crippen LogP contribution in [0.4, 0.5) is 5.00 Å². The van der Waals surface area contributed by atoms with E-state index in [0.29, 0.717) is 10.6 Å². The van der Waals surface area contributed by atoms with Crippen molar-refractivity contribution in [1.82, 2.24) is 0 Å². The zero-order valence-corrected chi connectivity index (χ0v) is 16.6. The maximum atomic E-state index is 9.02. The summed E-state index contributed by atoms with van der Waals surface area (Å²) >= 11 is 1.50. The smallest absolute Gasteiger partial charge is 0.105 e. The Morgan fingerprint density at radius 1 is 1.29 bits per heavy atom. The van der Waals surface area contributed by atoms with Crippen molar-refractivity contribution in [2.75, 3.05) is 5.73 Å². The summed E-state index contributed by atoms with van der Waals surface area (Å²) in [6.45, 7) is 12.3. The third-order valence-corrected chi connectivity index (χ3v) is 5.88. The second kappa shape index (κ2) is 10.4. The highest BCUT2D eigenvalue weighted by Gasteiger charge is 2.24. The zero-order chi connectivity index (χ0) is 18.1. The third-order valence-electron chi connectivity index (χ3n) is 4.79. The van der Waals surface area contributed by atoms with E-state index in [2.05, 4.69) is 25.6 Å². The Hall–Kier alpha value is -1.53. The van der Waals surface area contributed by atoms with Crippen molar-refractivity contribution < 1.29 is 0 Å². The molecule has 0 aliphatic heterocycles. The molecule has 1 fully saturated rings. The van der Waals surface area contributed by atoms with Gasteiger partial charge in [-0.25, -0.2) is 0 Å². The lowest BCUT2D eigenvalue weighted by Crippen LogP contribution is -2.02. The summed E-state index contributed by atoms with van der Waals surface area (Å²) in [6.07, 6.45) is 11.3.